The first kappa shape index (κ1) is 51.2. The number of amides is 1. The van der Waals surface area contributed by atoms with Gasteiger partial charge in [-0.2, -0.15) is 4.98 Å². The Morgan fingerprint density at radius 3 is 1.97 bits per heavy atom. The minimum absolute atomic E-state index is 0.0332. The Balaban J connectivity index is 0.000000752. The monoisotopic (exact) mass is 940 g/mol. The molecule has 4 aromatic carbocycles. The summed E-state index contributed by atoms with van der Waals surface area (Å²) in [5.74, 6) is -6.18. The largest absolute Gasteiger partial charge is 0.573 e. The van der Waals surface area contributed by atoms with Crippen molar-refractivity contribution in [1.29, 1.82) is 0 Å². The number of carbonyl (C=O) groups excluding carboxylic acids is 2. The third-order valence-electron chi connectivity index (χ3n) is 11.2. The second kappa shape index (κ2) is 22.1. The van der Waals surface area contributed by atoms with E-state index in [1.54, 1.807) is 40.7 Å². The molecule has 1 saturated heterocycles. The zero-order valence-electron chi connectivity index (χ0n) is 36.6. The van der Waals surface area contributed by atoms with E-state index in [-0.39, 0.29) is 67.6 Å². The number of alkyl halides is 3. The van der Waals surface area contributed by atoms with E-state index in [4.69, 9.17) is 25.2 Å². The third kappa shape index (κ3) is 13.2. The number of carboxylic acid groups (broad SMARTS) is 2. The van der Waals surface area contributed by atoms with Crippen LogP contribution in [0.4, 0.5) is 22.0 Å². The van der Waals surface area contributed by atoms with Crippen molar-refractivity contribution < 1.29 is 71.0 Å². The summed E-state index contributed by atoms with van der Waals surface area (Å²) in [5.41, 5.74) is 1.42. The lowest BCUT2D eigenvalue weighted by Crippen LogP contribution is -2.56. The van der Waals surface area contributed by atoms with E-state index in [0.29, 0.717) is 42.4 Å². The Morgan fingerprint density at radius 2 is 1.40 bits per heavy atom. The number of aliphatic hydroxyl groups excluding tert-OH is 2. The Kier molecular flexibility index (Phi) is 16.9. The molecule has 15 nitrogen and oxygen atoms in total. The first-order valence-corrected chi connectivity index (χ1v) is 21.0. The molecule has 1 amide bonds. The highest BCUT2D eigenvalue weighted by Crippen LogP contribution is 2.29. The lowest BCUT2D eigenvalue weighted by Gasteiger charge is -2.44. The number of hydrogen-bond acceptors (Lipinski definition) is 11. The topological polar surface area (TPSA) is 209 Å². The number of benzene rings is 4. The second-order valence-electron chi connectivity index (χ2n) is 16.0. The first-order chi connectivity index (χ1) is 31.6. The number of ether oxygens (including phenoxy) is 2. The van der Waals surface area contributed by atoms with Gasteiger partial charge in [0, 0.05) is 32.1 Å². The number of rotatable bonds is 16. The summed E-state index contributed by atoms with van der Waals surface area (Å²) in [4.78, 5) is 68.3. The van der Waals surface area contributed by atoms with E-state index in [2.05, 4.69) is 9.72 Å². The van der Waals surface area contributed by atoms with Crippen LogP contribution in [0.2, 0.25) is 0 Å². The van der Waals surface area contributed by atoms with Crippen LogP contribution in [0.15, 0.2) is 95.8 Å². The second-order valence-corrected chi connectivity index (χ2v) is 16.0. The maximum absolute atomic E-state index is 14.7. The highest BCUT2D eigenvalue weighted by atomic mass is 19.4. The van der Waals surface area contributed by atoms with Gasteiger partial charge < -0.3 is 39.4 Å². The number of aliphatic carboxylic acids is 2. The molecule has 0 bridgehead atoms. The molecule has 0 aliphatic carbocycles. The maximum atomic E-state index is 14.7. The van der Waals surface area contributed by atoms with Gasteiger partial charge in [-0.1, -0.05) is 60.7 Å². The number of likely N-dealkylation sites (tertiary alicyclic amines) is 1. The quantitative estimate of drug-likeness (QED) is 0.0689. The predicted molar refractivity (Wildman–Crippen MR) is 231 cm³/mol. The number of aromatic nitrogens is 2. The van der Waals surface area contributed by atoms with Crippen LogP contribution in [0, 0.1) is 11.6 Å². The molecule has 20 heteroatoms. The van der Waals surface area contributed by atoms with Gasteiger partial charge in [0.25, 0.3) is 5.56 Å². The van der Waals surface area contributed by atoms with Crippen LogP contribution in [0.1, 0.15) is 50.6 Å². The van der Waals surface area contributed by atoms with Crippen molar-refractivity contribution in [2.24, 2.45) is 0 Å². The molecule has 0 spiro atoms. The Morgan fingerprint density at radius 1 is 0.821 bits per heavy atom. The van der Waals surface area contributed by atoms with Gasteiger partial charge in [0.05, 0.1) is 17.5 Å². The highest BCUT2D eigenvalue weighted by Gasteiger charge is 2.40. The summed E-state index contributed by atoms with van der Waals surface area (Å²) in [6.45, 7) is 6.68. The number of carbonyl (C=O) groups is 4. The van der Waals surface area contributed by atoms with Gasteiger partial charge in [-0.15, -0.1) is 13.2 Å². The highest BCUT2D eigenvalue weighted by molar-refractivity contribution is 5.83. The third-order valence-corrected chi connectivity index (χ3v) is 11.2. The van der Waals surface area contributed by atoms with E-state index in [1.165, 1.54) is 36.4 Å². The van der Waals surface area contributed by atoms with Crippen molar-refractivity contribution >= 4 is 34.7 Å². The van der Waals surface area contributed by atoms with Gasteiger partial charge in [0.2, 0.25) is 5.91 Å². The van der Waals surface area contributed by atoms with Gasteiger partial charge in [-0.25, -0.2) is 18.4 Å². The summed E-state index contributed by atoms with van der Waals surface area (Å²) in [6.07, 6.45) is -8.14. The Labute approximate surface area is 380 Å². The molecule has 2 atom stereocenters. The number of halogens is 5. The number of piperidine rings is 1. The molecule has 4 N–H and O–H groups in total. The van der Waals surface area contributed by atoms with Gasteiger partial charge in [0.15, 0.2) is 23.8 Å². The average Bonchev–Trinajstić information content (AvgIpc) is 3.29. The van der Waals surface area contributed by atoms with Crippen LogP contribution in [-0.4, -0.2) is 113 Å². The standard InChI is InChI=1S/C43H43F5N4O5.C4H6O6/c1-4-56-41(55)42(2,3)50-24-22-32(23-25-50)51(26-28-12-14-29(15-13-28)30-16-19-33(20-17-30)57-43(46,47)48)38(53)27-52-36-11-6-5-9-34(36)40(54)49-37(52)21-18-31-8-7-10-35(44)39(31)45;5-1(3(7)8)2(6)4(9)10/h5-17,19-20,32H,4,18,21-27H2,1-3H3;1-2,5-6H,(H,7,8)(H,9,10). The fourth-order valence-electron chi connectivity index (χ4n) is 7.56. The van der Waals surface area contributed by atoms with Crippen LogP contribution < -0.4 is 10.3 Å². The molecule has 2 heterocycles. The van der Waals surface area contributed by atoms with E-state index in [1.807, 2.05) is 43.0 Å². The minimum Gasteiger partial charge on any atom is -0.479 e. The molecule has 2 unspecified atom stereocenters. The molecule has 0 saturated carbocycles. The minimum atomic E-state index is -4.80. The van der Waals surface area contributed by atoms with Crippen LogP contribution in [0.5, 0.6) is 5.75 Å². The van der Waals surface area contributed by atoms with Crippen molar-refractivity contribution in [2.75, 3.05) is 19.7 Å². The van der Waals surface area contributed by atoms with Gasteiger partial charge in [-0.3, -0.25) is 19.3 Å². The smallest absolute Gasteiger partial charge is 0.479 e. The van der Waals surface area contributed by atoms with Crippen LogP contribution in [0.25, 0.3) is 22.0 Å². The Hall–Kier alpha value is -6.77. The number of aryl methyl sites for hydroxylation is 2. The number of esters is 1. The van der Waals surface area contributed by atoms with Gasteiger partial charge >= 0.3 is 24.3 Å². The molecule has 1 fully saturated rings. The van der Waals surface area contributed by atoms with Gasteiger partial charge in [-0.05, 0) is 92.6 Å². The van der Waals surface area contributed by atoms with E-state index in [0.717, 1.165) is 17.2 Å². The van der Waals surface area contributed by atoms with E-state index < -0.39 is 53.2 Å². The number of aliphatic hydroxyl groups is 2. The van der Waals surface area contributed by atoms with Crippen molar-refractivity contribution in [2.45, 2.75) is 89.7 Å². The number of carboxylic acids is 2. The normalized spacial score (nSPS) is 14.4. The molecule has 6 rings (SSSR count). The lowest BCUT2D eigenvalue weighted by molar-refractivity contribution is -0.274. The summed E-state index contributed by atoms with van der Waals surface area (Å²) < 4.78 is 77.7. The number of para-hydroxylation sites is 1. The summed E-state index contributed by atoms with van der Waals surface area (Å²) in [6, 6.07) is 23.3. The fraction of sp³-hybridized carbons (Fsp3) is 0.362. The van der Waals surface area contributed by atoms with Crippen molar-refractivity contribution in [3.8, 4) is 16.9 Å². The van der Waals surface area contributed by atoms with Crippen LogP contribution in [0.3, 0.4) is 0 Å². The fourth-order valence-corrected chi connectivity index (χ4v) is 7.56. The summed E-state index contributed by atoms with van der Waals surface area (Å²) in [5, 5.41) is 32.8. The van der Waals surface area contributed by atoms with Crippen molar-refractivity contribution in [3.63, 3.8) is 0 Å². The molecule has 1 aromatic heterocycles. The predicted octanol–water partition coefficient (Wildman–Crippen LogP) is 5.74. The molecule has 67 heavy (non-hydrogen) atoms. The molecular formula is C47H49F5N4O11. The molecular weight excluding hydrogens is 892 g/mol. The van der Waals surface area contributed by atoms with Gasteiger partial charge in [0.1, 0.15) is 23.7 Å². The van der Waals surface area contributed by atoms with Crippen LogP contribution >= 0.6 is 0 Å². The van der Waals surface area contributed by atoms with Crippen LogP contribution in [-0.2, 0) is 49.8 Å². The number of hydrogen-bond donors (Lipinski definition) is 4. The number of nitrogens with zero attached hydrogens (tertiary/aromatic N) is 4. The lowest BCUT2D eigenvalue weighted by atomic mass is 9.95. The van der Waals surface area contributed by atoms with Crippen molar-refractivity contribution in [3.05, 3.63) is 130 Å². The molecule has 1 aliphatic heterocycles. The zero-order chi connectivity index (χ0) is 49.2. The zero-order valence-corrected chi connectivity index (χ0v) is 36.6. The van der Waals surface area contributed by atoms with E-state index in [9.17, 15) is 45.9 Å². The molecule has 358 valence electrons. The van der Waals surface area contributed by atoms with E-state index >= 15 is 0 Å². The molecule has 1 aliphatic rings. The first-order valence-electron chi connectivity index (χ1n) is 21.0. The molecule has 0 radical (unpaired) electrons. The average molecular weight is 941 g/mol. The molecule has 5 aromatic rings. The Bertz CT molecular complexity index is 2580. The number of fused-ring (bicyclic) bond motifs is 1. The SMILES string of the molecule is CCOC(=O)C(C)(C)N1CCC(N(Cc2ccc(-c3ccc(OC(F)(F)F)cc3)cc2)C(=O)Cn2c(CCc3cccc(F)c3F)nc(=O)c3ccccc32)CC1.O=C(O)C(O)C(O)C(=O)O. The van der Waals surface area contributed by atoms with Crippen molar-refractivity contribution in [1.82, 2.24) is 19.4 Å². The summed E-state index contributed by atoms with van der Waals surface area (Å²) in [7, 11) is 0. The maximum Gasteiger partial charge on any atom is 0.573 e. The summed E-state index contributed by atoms with van der Waals surface area (Å²) >= 11 is 0.